The van der Waals surface area contributed by atoms with E-state index in [9.17, 15) is 4.79 Å². The molecule has 0 aliphatic heterocycles. The number of carbonyl (C=O) groups excluding carboxylic acids is 1. The van der Waals surface area contributed by atoms with Crippen molar-refractivity contribution >= 4 is 40.4 Å². The highest BCUT2D eigenvalue weighted by Crippen LogP contribution is 2.21. The second-order valence-corrected chi connectivity index (χ2v) is 2.96. The molecule has 0 bridgehead atoms. The zero-order chi connectivity index (χ0) is 8.97. The molecular weight excluding hydrogens is 194 g/mol. The molecule has 0 fully saturated rings. The number of esters is 1. The van der Waals surface area contributed by atoms with Gasteiger partial charge in [0.2, 0.25) is 0 Å². The average molecular weight is 199 g/mol. The molecule has 0 aromatic carbocycles. The van der Waals surface area contributed by atoms with E-state index in [0.717, 1.165) is 0 Å². The van der Waals surface area contributed by atoms with Crippen molar-refractivity contribution in [3.05, 3.63) is 16.3 Å². The summed E-state index contributed by atoms with van der Waals surface area (Å²) in [4.78, 5) is 15.2. The Morgan fingerprint density at radius 2 is 2.58 bits per heavy atom. The van der Waals surface area contributed by atoms with Crippen LogP contribution in [0.15, 0.2) is 16.4 Å². The Hall–Kier alpha value is -1.03. The molecule has 0 aliphatic carbocycles. The van der Waals surface area contributed by atoms with Gasteiger partial charge in [-0.25, -0.2) is 4.79 Å². The molecule has 1 heterocycles. The molecule has 0 saturated heterocycles. The van der Waals surface area contributed by atoms with Crippen molar-refractivity contribution in [1.29, 1.82) is 0 Å². The van der Waals surface area contributed by atoms with E-state index in [-0.39, 0.29) is 5.97 Å². The molecule has 0 unspecified atom stereocenters. The lowest BCUT2D eigenvalue weighted by Crippen LogP contribution is -1.96. The number of thiocarbonyl (C=S) groups is 1. The van der Waals surface area contributed by atoms with E-state index in [1.54, 1.807) is 11.4 Å². The Morgan fingerprint density at radius 3 is 3.17 bits per heavy atom. The van der Waals surface area contributed by atoms with Crippen molar-refractivity contribution in [2.75, 3.05) is 7.11 Å². The zero-order valence-corrected chi connectivity index (χ0v) is 7.87. The predicted molar refractivity (Wildman–Crippen MR) is 50.3 cm³/mol. The second kappa shape index (κ2) is 4.11. The maximum Gasteiger partial charge on any atom is 0.348 e. The highest BCUT2D eigenvalue weighted by Gasteiger charge is 2.07. The van der Waals surface area contributed by atoms with Crippen LogP contribution in [-0.4, -0.2) is 18.2 Å². The van der Waals surface area contributed by atoms with E-state index in [1.165, 1.54) is 18.4 Å². The molecule has 0 spiro atoms. The fourth-order valence-electron chi connectivity index (χ4n) is 0.645. The summed E-state index contributed by atoms with van der Waals surface area (Å²) in [7, 11) is 1.34. The van der Waals surface area contributed by atoms with Gasteiger partial charge in [0, 0.05) is 5.38 Å². The van der Waals surface area contributed by atoms with Crippen molar-refractivity contribution in [2.45, 2.75) is 0 Å². The van der Waals surface area contributed by atoms with Crippen LogP contribution in [0.1, 0.15) is 9.67 Å². The molecule has 12 heavy (non-hydrogen) atoms. The Bertz CT molecular complexity index is 339. The SMILES string of the molecule is COC(=O)c1cc(N=C=S)cs1. The lowest BCUT2D eigenvalue weighted by Gasteiger charge is -1.90. The maximum atomic E-state index is 10.9. The third kappa shape index (κ3) is 1.98. The summed E-state index contributed by atoms with van der Waals surface area (Å²) in [5.41, 5.74) is 0.635. The first-order chi connectivity index (χ1) is 5.77. The number of ether oxygens (including phenoxy) is 1. The summed E-state index contributed by atoms with van der Waals surface area (Å²) in [6.45, 7) is 0. The molecule has 1 rings (SSSR count). The maximum absolute atomic E-state index is 10.9. The van der Waals surface area contributed by atoms with E-state index < -0.39 is 0 Å². The van der Waals surface area contributed by atoms with Crippen molar-refractivity contribution in [1.82, 2.24) is 0 Å². The Labute approximate surface area is 78.7 Å². The largest absolute Gasteiger partial charge is 0.465 e. The number of hydrogen-bond donors (Lipinski definition) is 0. The van der Waals surface area contributed by atoms with Crippen LogP contribution >= 0.6 is 23.6 Å². The number of nitrogens with zero attached hydrogens (tertiary/aromatic N) is 1. The summed E-state index contributed by atoms with van der Waals surface area (Å²) in [6.07, 6.45) is 0. The quantitative estimate of drug-likeness (QED) is 0.416. The minimum absolute atomic E-state index is 0.356. The van der Waals surface area contributed by atoms with Gasteiger partial charge in [-0.15, -0.1) is 11.3 Å². The number of carbonyl (C=O) groups is 1. The Balaban J connectivity index is 2.91. The highest BCUT2D eigenvalue weighted by atomic mass is 32.1. The summed E-state index contributed by atoms with van der Waals surface area (Å²) < 4.78 is 4.51. The Morgan fingerprint density at radius 1 is 1.83 bits per heavy atom. The van der Waals surface area contributed by atoms with Crippen LogP contribution in [0, 0.1) is 0 Å². The van der Waals surface area contributed by atoms with Gasteiger partial charge in [0.25, 0.3) is 0 Å². The first-order valence-corrected chi connectivity index (χ1v) is 4.31. The molecule has 0 amide bonds. The highest BCUT2D eigenvalue weighted by molar-refractivity contribution is 7.78. The van der Waals surface area contributed by atoms with Crippen molar-refractivity contribution < 1.29 is 9.53 Å². The van der Waals surface area contributed by atoms with Crippen molar-refractivity contribution in [2.24, 2.45) is 4.99 Å². The van der Waals surface area contributed by atoms with Crippen LogP contribution in [0.4, 0.5) is 5.69 Å². The molecule has 5 heteroatoms. The van der Waals surface area contributed by atoms with E-state index in [4.69, 9.17) is 0 Å². The molecule has 0 aliphatic rings. The molecule has 1 aromatic heterocycles. The minimum atomic E-state index is -0.356. The summed E-state index contributed by atoms with van der Waals surface area (Å²) in [5.74, 6) is -0.356. The number of rotatable bonds is 2. The Kier molecular flexibility index (Phi) is 3.10. The fraction of sp³-hybridized carbons (Fsp3) is 0.143. The van der Waals surface area contributed by atoms with Gasteiger partial charge >= 0.3 is 5.97 Å². The standard InChI is InChI=1S/C7H5NO2S2/c1-10-7(9)6-2-5(3-12-6)8-4-11/h2-3H,1H3. The molecule has 0 radical (unpaired) electrons. The first-order valence-electron chi connectivity index (χ1n) is 3.02. The number of thiophene rings is 1. The van der Waals surface area contributed by atoms with Crippen LogP contribution in [0.25, 0.3) is 0 Å². The van der Waals surface area contributed by atoms with Gasteiger partial charge < -0.3 is 4.74 Å². The minimum Gasteiger partial charge on any atom is -0.465 e. The first kappa shape index (κ1) is 9.06. The van der Waals surface area contributed by atoms with E-state index in [0.29, 0.717) is 10.6 Å². The number of isothiocyanates is 1. The summed E-state index contributed by atoms with van der Waals surface area (Å²) in [6, 6.07) is 1.61. The smallest absolute Gasteiger partial charge is 0.348 e. The lowest BCUT2D eigenvalue weighted by molar-refractivity contribution is 0.0606. The number of aliphatic imine (C=N–C) groups is 1. The summed E-state index contributed by atoms with van der Waals surface area (Å²) >= 11 is 5.68. The van der Waals surface area contributed by atoms with Crippen LogP contribution in [0.5, 0.6) is 0 Å². The second-order valence-electron chi connectivity index (χ2n) is 1.86. The molecule has 0 N–H and O–H groups in total. The monoisotopic (exact) mass is 199 g/mol. The van der Waals surface area contributed by atoms with Crippen molar-refractivity contribution in [3.8, 4) is 0 Å². The van der Waals surface area contributed by atoms with Gasteiger partial charge in [-0.2, -0.15) is 4.99 Å². The average Bonchev–Trinajstić information content (AvgIpc) is 2.52. The van der Waals surface area contributed by atoms with Gasteiger partial charge in [-0.3, -0.25) is 0 Å². The molecule has 0 saturated carbocycles. The topological polar surface area (TPSA) is 38.7 Å². The van der Waals surface area contributed by atoms with Crippen LogP contribution in [0.2, 0.25) is 0 Å². The van der Waals surface area contributed by atoms with Gasteiger partial charge in [0.15, 0.2) is 0 Å². The van der Waals surface area contributed by atoms with E-state index >= 15 is 0 Å². The van der Waals surface area contributed by atoms with E-state index in [1.807, 2.05) is 0 Å². The van der Waals surface area contributed by atoms with Gasteiger partial charge in [-0.1, -0.05) is 0 Å². The van der Waals surface area contributed by atoms with Gasteiger partial charge in [0.1, 0.15) is 4.88 Å². The fourth-order valence-corrected chi connectivity index (χ4v) is 1.49. The van der Waals surface area contributed by atoms with Crippen LogP contribution in [-0.2, 0) is 4.74 Å². The zero-order valence-electron chi connectivity index (χ0n) is 6.23. The normalized spacial score (nSPS) is 8.75. The third-order valence-electron chi connectivity index (χ3n) is 1.15. The molecule has 1 aromatic rings. The van der Waals surface area contributed by atoms with Crippen LogP contribution < -0.4 is 0 Å². The van der Waals surface area contributed by atoms with Crippen molar-refractivity contribution in [3.63, 3.8) is 0 Å². The molecule has 0 atom stereocenters. The molecular formula is C7H5NO2S2. The number of hydrogen-bond acceptors (Lipinski definition) is 5. The predicted octanol–water partition coefficient (Wildman–Crippen LogP) is 2.27. The van der Waals surface area contributed by atoms with Gasteiger partial charge in [0.05, 0.1) is 18.0 Å². The lowest BCUT2D eigenvalue weighted by atomic mass is 10.4. The number of methoxy groups -OCH3 is 1. The molecule has 3 nitrogen and oxygen atoms in total. The van der Waals surface area contributed by atoms with Gasteiger partial charge in [-0.05, 0) is 18.3 Å². The third-order valence-corrected chi connectivity index (χ3v) is 2.14. The van der Waals surface area contributed by atoms with Crippen LogP contribution in [0.3, 0.4) is 0 Å². The summed E-state index contributed by atoms with van der Waals surface area (Å²) in [5, 5.41) is 3.93. The molecule has 62 valence electrons. The van der Waals surface area contributed by atoms with E-state index in [2.05, 4.69) is 27.1 Å².